The summed E-state index contributed by atoms with van der Waals surface area (Å²) in [5.41, 5.74) is 8.13. The molecule has 1 atom stereocenters. The molecule has 0 spiro atoms. The fraction of sp³-hybridized carbons (Fsp3) is 0.280. The van der Waals surface area contributed by atoms with E-state index >= 15 is 4.39 Å². The predicted molar refractivity (Wildman–Crippen MR) is 141 cm³/mol. The Morgan fingerprint density at radius 1 is 1.18 bits per heavy atom. The van der Waals surface area contributed by atoms with Gasteiger partial charge in [-0.05, 0) is 29.7 Å². The fourth-order valence-electron chi connectivity index (χ4n) is 4.36. The van der Waals surface area contributed by atoms with Crippen molar-refractivity contribution in [2.45, 2.75) is 6.42 Å². The largest absolute Gasteiger partial charge is 0.760 e. The predicted octanol–water partition coefficient (Wildman–Crippen LogP) is 2.25. The summed E-state index contributed by atoms with van der Waals surface area (Å²) in [4.78, 5) is 19.8. The minimum Gasteiger partial charge on any atom is -0.760 e. The highest BCUT2D eigenvalue weighted by molar-refractivity contribution is 7.77. The van der Waals surface area contributed by atoms with Crippen LogP contribution < -0.4 is 20.1 Å². The number of halogens is 1. The molecule has 1 aliphatic rings. The summed E-state index contributed by atoms with van der Waals surface area (Å²) in [5.74, 6) is 1.22. The van der Waals surface area contributed by atoms with E-state index in [0.717, 1.165) is 0 Å². The van der Waals surface area contributed by atoms with Crippen LogP contribution in [-0.2, 0) is 22.4 Å². The Morgan fingerprint density at radius 2 is 1.95 bits per heavy atom. The summed E-state index contributed by atoms with van der Waals surface area (Å²) < 4.78 is 50.7. The van der Waals surface area contributed by atoms with Gasteiger partial charge >= 0.3 is 0 Å². The highest BCUT2D eigenvalue weighted by Crippen LogP contribution is 2.38. The highest BCUT2D eigenvalue weighted by Gasteiger charge is 2.22. The van der Waals surface area contributed by atoms with Crippen LogP contribution in [0.25, 0.3) is 33.4 Å². The van der Waals surface area contributed by atoms with Crippen LogP contribution in [0.4, 0.5) is 16.2 Å². The fourth-order valence-corrected chi connectivity index (χ4v) is 4.63. The van der Waals surface area contributed by atoms with Crippen LogP contribution >= 0.6 is 0 Å². The van der Waals surface area contributed by atoms with Gasteiger partial charge in [0.15, 0.2) is 5.82 Å². The van der Waals surface area contributed by atoms with Gasteiger partial charge in [0, 0.05) is 54.2 Å². The third-order valence-corrected chi connectivity index (χ3v) is 6.65. The van der Waals surface area contributed by atoms with E-state index in [4.69, 9.17) is 25.2 Å². The van der Waals surface area contributed by atoms with Crippen molar-refractivity contribution in [1.82, 2.24) is 24.7 Å². The number of methoxy groups -OCH3 is 1. The first-order valence-electron chi connectivity index (χ1n) is 11.9. The average molecular weight is 539 g/mol. The van der Waals surface area contributed by atoms with Crippen molar-refractivity contribution in [3.8, 4) is 28.3 Å². The number of ether oxygens (including phenoxy) is 2. The maximum atomic E-state index is 15.6. The number of aromatic nitrogens is 4. The number of fused-ring (bicyclic) bond motifs is 1. The molecule has 5 rings (SSSR count). The van der Waals surface area contributed by atoms with E-state index in [9.17, 15) is 8.76 Å². The third-order valence-electron chi connectivity index (χ3n) is 6.21. The smallest absolute Gasteiger partial charge is 0.219 e. The zero-order valence-electron chi connectivity index (χ0n) is 20.5. The molecule has 3 heterocycles. The van der Waals surface area contributed by atoms with E-state index in [1.165, 1.54) is 7.11 Å². The molecule has 0 amide bonds. The maximum Gasteiger partial charge on any atom is 0.219 e. The summed E-state index contributed by atoms with van der Waals surface area (Å²) in [5, 5.41) is 0.689. The Labute approximate surface area is 220 Å². The van der Waals surface area contributed by atoms with Gasteiger partial charge in [-0.2, -0.15) is 0 Å². The van der Waals surface area contributed by atoms with Crippen LogP contribution in [0, 0.1) is 5.82 Å². The number of nitrogen functional groups attached to an aromatic ring is 1. The first-order chi connectivity index (χ1) is 18.4. The molecule has 1 fully saturated rings. The van der Waals surface area contributed by atoms with Crippen LogP contribution in [0.5, 0.6) is 5.75 Å². The molecule has 1 unspecified atom stereocenters. The van der Waals surface area contributed by atoms with E-state index in [1.54, 1.807) is 36.7 Å². The number of hydrogen-bond acceptors (Lipinski definition) is 10. The van der Waals surface area contributed by atoms with Crippen molar-refractivity contribution in [3.63, 3.8) is 0 Å². The van der Waals surface area contributed by atoms with Gasteiger partial charge in [-0.25, -0.2) is 29.0 Å². The Balaban J connectivity index is 1.66. The Hall–Kier alpha value is -3.78. The number of morpholine rings is 1. The Kier molecular flexibility index (Phi) is 7.69. The van der Waals surface area contributed by atoms with E-state index < -0.39 is 17.1 Å². The lowest BCUT2D eigenvalue weighted by Crippen LogP contribution is -2.37. The van der Waals surface area contributed by atoms with Gasteiger partial charge in [0.1, 0.15) is 22.9 Å². The summed E-state index contributed by atoms with van der Waals surface area (Å²) in [6.07, 6.45) is 3.32. The lowest BCUT2D eigenvalue weighted by Gasteiger charge is -2.29. The molecule has 0 radical (unpaired) electrons. The summed E-state index contributed by atoms with van der Waals surface area (Å²) in [7, 11) is 1.53. The molecule has 4 aromatic rings. The number of anilines is 2. The van der Waals surface area contributed by atoms with Crippen LogP contribution in [0.2, 0.25) is 0 Å². The van der Waals surface area contributed by atoms with E-state index in [0.29, 0.717) is 76.9 Å². The number of benzene rings is 2. The van der Waals surface area contributed by atoms with Crippen molar-refractivity contribution in [1.29, 1.82) is 0 Å². The van der Waals surface area contributed by atoms with E-state index in [1.807, 2.05) is 6.07 Å². The van der Waals surface area contributed by atoms with Gasteiger partial charge in [0.25, 0.3) is 0 Å². The molecule has 11 nitrogen and oxygen atoms in total. The third kappa shape index (κ3) is 5.41. The summed E-state index contributed by atoms with van der Waals surface area (Å²) in [6.45, 7) is 2.41. The lowest BCUT2D eigenvalue weighted by atomic mass is 9.98. The molecule has 1 aliphatic heterocycles. The maximum absolute atomic E-state index is 15.6. The van der Waals surface area contributed by atoms with Gasteiger partial charge < -0.3 is 24.7 Å². The second kappa shape index (κ2) is 11.3. The number of hydrogen-bond donors (Lipinski definition) is 2. The minimum absolute atomic E-state index is 0.0875. The van der Waals surface area contributed by atoms with E-state index in [2.05, 4.69) is 19.6 Å². The van der Waals surface area contributed by atoms with Gasteiger partial charge in [-0.3, -0.25) is 4.21 Å². The highest BCUT2D eigenvalue weighted by atomic mass is 32.2. The van der Waals surface area contributed by atoms with E-state index in [-0.39, 0.29) is 18.9 Å². The Bertz CT molecular complexity index is 1480. The molecule has 3 N–H and O–H groups in total. The molecule has 0 bridgehead atoms. The first-order valence-corrected chi connectivity index (χ1v) is 12.9. The van der Waals surface area contributed by atoms with Crippen LogP contribution in [0.15, 0.2) is 42.7 Å². The minimum atomic E-state index is -2.41. The van der Waals surface area contributed by atoms with Crippen molar-refractivity contribution < 1.29 is 22.6 Å². The monoisotopic (exact) mass is 538 g/mol. The van der Waals surface area contributed by atoms with Crippen molar-refractivity contribution in [2.24, 2.45) is 0 Å². The topological polar surface area (TPSA) is 151 Å². The molecule has 38 heavy (non-hydrogen) atoms. The zero-order valence-corrected chi connectivity index (χ0v) is 21.3. The number of nitrogens with two attached hydrogens (primary N) is 1. The lowest BCUT2D eigenvalue weighted by molar-refractivity contribution is 0.122. The second-order valence-corrected chi connectivity index (χ2v) is 9.29. The van der Waals surface area contributed by atoms with Crippen LogP contribution in [0.3, 0.4) is 0 Å². The quantitative estimate of drug-likeness (QED) is 0.320. The normalized spacial score (nSPS) is 14.6. The van der Waals surface area contributed by atoms with Crippen LogP contribution in [0.1, 0.15) is 5.56 Å². The molecule has 2 aromatic carbocycles. The molecule has 2 aromatic heterocycles. The number of nitrogens with zero attached hydrogens (tertiary/aromatic N) is 5. The molecular weight excluding hydrogens is 513 g/mol. The standard InChI is InChI=1S/C25H26FN7O4S/c1-36-20-12-16(18-4-2-3-15(21(18)26)5-6-30-38(34)35)11-19-22(20)31-23(17-13-28-25(27)29-14-17)32-24(19)33-7-9-37-10-8-33/h2-4,11-14,30H,5-10H2,1H3,(H,34,35)(H2,27,28,29)/p-1. The number of rotatable bonds is 8. The van der Waals surface area contributed by atoms with Gasteiger partial charge in [0.2, 0.25) is 5.95 Å². The van der Waals surface area contributed by atoms with Crippen molar-refractivity contribution >= 4 is 33.9 Å². The summed E-state index contributed by atoms with van der Waals surface area (Å²) >= 11 is -2.41. The van der Waals surface area contributed by atoms with Gasteiger partial charge in [-0.15, -0.1) is 0 Å². The van der Waals surface area contributed by atoms with Crippen molar-refractivity contribution in [2.75, 3.05) is 50.6 Å². The van der Waals surface area contributed by atoms with Crippen LogP contribution in [-0.4, -0.2) is 68.7 Å². The molecule has 13 heteroatoms. The summed E-state index contributed by atoms with van der Waals surface area (Å²) in [6, 6.07) is 8.62. The average Bonchev–Trinajstić information content (AvgIpc) is 2.93. The SMILES string of the molecule is COc1cc(-c2cccc(CCNS(=O)[O-])c2F)cc2c(N3CCOCC3)nc(-c3cnc(N)nc3)nc12. The molecule has 0 aliphatic carbocycles. The van der Waals surface area contributed by atoms with Gasteiger partial charge in [0.05, 0.1) is 25.9 Å². The molecule has 198 valence electrons. The first kappa shape index (κ1) is 25.9. The Morgan fingerprint density at radius 3 is 2.66 bits per heavy atom. The number of nitrogens with one attached hydrogen (secondary N) is 1. The molecule has 1 saturated heterocycles. The zero-order chi connectivity index (χ0) is 26.6. The second-order valence-electron chi connectivity index (χ2n) is 8.53. The molecule has 0 saturated carbocycles. The van der Waals surface area contributed by atoms with Gasteiger partial charge in [-0.1, -0.05) is 18.2 Å². The van der Waals surface area contributed by atoms with Crippen molar-refractivity contribution in [3.05, 3.63) is 54.1 Å². The molecular formula is C25H25FN7O4S-.